The van der Waals surface area contributed by atoms with Gasteiger partial charge in [0.2, 0.25) is 0 Å². The van der Waals surface area contributed by atoms with Gasteiger partial charge in [-0.1, -0.05) is 6.07 Å². The van der Waals surface area contributed by atoms with Crippen LogP contribution in [-0.2, 0) is 0 Å². The van der Waals surface area contributed by atoms with Crippen LogP contribution >= 0.6 is 0 Å². The molecule has 2 aromatic carbocycles. The van der Waals surface area contributed by atoms with Gasteiger partial charge in [0.05, 0.1) is 0 Å². The first-order chi connectivity index (χ1) is 15.7. The molecule has 3 aromatic rings. The zero-order valence-electron chi connectivity index (χ0n) is 18.2. The molecule has 166 valence electrons. The number of pyridine rings is 1. The summed E-state index contributed by atoms with van der Waals surface area (Å²) in [6.45, 7) is 5.83. The smallest absolute Gasteiger partial charge is 0.323 e. The summed E-state index contributed by atoms with van der Waals surface area (Å²) in [5.41, 5.74) is 2.30. The molecule has 1 aliphatic rings. The second-order valence-corrected chi connectivity index (χ2v) is 7.71. The summed E-state index contributed by atoms with van der Waals surface area (Å²) >= 11 is 0. The van der Waals surface area contributed by atoms with Crippen molar-refractivity contribution in [1.29, 1.82) is 0 Å². The molecule has 2 N–H and O–H groups in total. The number of rotatable bonds is 8. The molecule has 2 amide bonds. The molecular formula is C25H28N4O3. The lowest BCUT2D eigenvalue weighted by Crippen LogP contribution is -2.25. The lowest BCUT2D eigenvalue weighted by atomic mass is 10.2. The van der Waals surface area contributed by atoms with E-state index in [1.165, 1.54) is 12.8 Å². The number of likely N-dealkylation sites (tertiary alicyclic amines) is 1. The first-order valence-electron chi connectivity index (χ1n) is 10.9. The molecule has 2 heterocycles. The summed E-state index contributed by atoms with van der Waals surface area (Å²) < 4.78 is 11.7. The summed E-state index contributed by atoms with van der Waals surface area (Å²) in [6.07, 6.45) is 5.89. The number of hydrogen-bond donors (Lipinski definition) is 2. The van der Waals surface area contributed by atoms with Gasteiger partial charge in [-0.05, 0) is 81.4 Å². The molecule has 0 unspecified atom stereocenters. The topological polar surface area (TPSA) is 75.7 Å². The summed E-state index contributed by atoms with van der Waals surface area (Å²) in [5, 5.41) is 5.75. The Hall–Kier alpha value is -3.58. The number of carbonyl (C=O) groups excluding carboxylic acids is 1. The van der Waals surface area contributed by atoms with E-state index in [1.807, 2.05) is 25.1 Å². The molecular weight excluding hydrogens is 404 g/mol. The molecule has 0 saturated carbocycles. The molecule has 0 radical (unpaired) electrons. The number of hydrogen-bond acceptors (Lipinski definition) is 5. The van der Waals surface area contributed by atoms with Gasteiger partial charge < -0.3 is 20.1 Å². The largest absolute Gasteiger partial charge is 0.492 e. The highest BCUT2D eigenvalue weighted by Gasteiger charge is 2.12. The molecule has 1 saturated heterocycles. The number of amides is 2. The molecule has 1 fully saturated rings. The number of aromatic nitrogens is 1. The molecule has 0 spiro atoms. The van der Waals surface area contributed by atoms with Gasteiger partial charge in [0.1, 0.15) is 23.9 Å². The quantitative estimate of drug-likeness (QED) is 0.505. The van der Waals surface area contributed by atoms with Gasteiger partial charge in [-0.15, -0.1) is 0 Å². The van der Waals surface area contributed by atoms with Crippen LogP contribution in [-0.4, -0.2) is 42.2 Å². The predicted octanol–water partition coefficient (Wildman–Crippen LogP) is 5.30. The Morgan fingerprint density at radius 1 is 0.969 bits per heavy atom. The molecule has 7 heteroatoms. The van der Waals surface area contributed by atoms with Gasteiger partial charge in [0.15, 0.2) is 0 Å². The van der Waals surface area contributed by atoms with Crippen LogP contribution in [0.15, 0.2) is 67.0 Å². The summed E-state index contributed by atoms with van der Waals surface area (Å²) in [5.74, 6) is 2.17. The fourth-order valence-corrected chi connectivity index (χ4v) is 3.63. The Labute approximate surface area is 188 Å². The van der Waals surface area contributed by atoms with Crippen molar-refractivity contribution < 1.29 is 14.3 Å². The Kier molecular flexibility index (Phi) is 7.19. The fraction of sp³-hybridized carbons (Fsp3) is 0.280. The molecule has 0 atom stereocenters. The van der Waals surface area contributed by atoms with Gasteiger partial charge in [0, 0.05) is 35.9 Å². The maximum absolute atomic E-state index is 12.5. The highest BCUT2D eigenvalue weighted by Crippen LogP contribution is 2.26. The number of anilines is 2. The summed E-state index contributed by atoms with van der Waals surface area (Å²) in [6, 6.07) is 16.1. The maximum atomic E-state index is 12.5. The second-order valence-electron chi connectivity index (χ2n) is 7.71. The van der Waals surface area contributed by atoms with Crippen molar-refractivity contribution >= 4 is 17.4 Å². The minimum atomic E-state index is -0.315. The van der Waals surface area contributed by atoms with E-state index in [9.17, 15) is 4.79 Å². The van der Waals surface area contributed by atoms with Crippen LogP contribution in [0.3, 0.4) is 0 Å². The van der Waals surface area contributed by atoms with Crippen LogP contribution in [0.2, 0.25) is 0 Å². The van der Waals surface area contributed by atoms with Gasteiger partial charge >= 0.3 is 6.03 Å². The van der Waals surface area contributed by atoms with E-state index in [0.29, 0.717) is 23.8 Å². The van der Waals surface area contributed by atoms with E-state index in [2.05, 4.69) is 20.5 Å². The number of carbonyl (C=O) groups is 1. The van der Waals surface area contributed by atoms with Crippen molar-refractivity contribution in [3.63, 3.8) is 0 Å². The Bertz CT molecular complexity index is 1020. The fourth-order valence-electron chi connectivity index (χ4n) is 3.63. The highest BCUT2D eigenvalue weighted by molar-refractivity contribution is 6.00. The van der Waals surface area contributed by atoms with Gasteiger partial charge in [-0.3, -0.25) is 9.88 Å². The third-order valence-electron chi connectivity index (χ3n) is 5.39. The standard InChI is InChI=1S/C25H28N4O3/c1-19-23(5-4-6-24(19)31-18-17-29-15-2-3-16-29)28-25(30)27-20-7-9-21(10-8-20)32-22-11-13-26-14-12-22/h4-14H,2-3,15-18H2,1H3,(H2,27,28,30). The van der Waals surface area contributed by atoms with Crippen LogP contribution in [0, 0.1) is 6.92 Å². The first-order valence-corrected chi connectivity index (χ1v) is 10.9. The molecule has 0 aliphatic carbocycles. The van der Waals surface area contributed by atoms with Crippen LogP contribution in [0.1, 0.15) is 18.4 Å². The SMILES string of the molecule is Cc1c(NC(=O)Nc2ccc(Oc3ccncc3)cc2)cccc1OCCN1CCCC1. The summed E-state index contributed by atoms with van der Waals surface area (Å²) in [7, 11) is 0. The zero-order chi connectivity index (χ0) is 22.2. The van der Waals surface area contributed by atoms with E-state index >= 15 is 0 Å². The Balaban J connectivity index is 1.29. The lowest BCUT2D eigenvalue weighted by molar-refractivity contribution is 0.237. The van der Waals surface area contributed by atoms with E-state index in [0.717, 1.165) is 36.6 Å². The van der Waals surface area contributed by atoms with Crippen molar-refractivity contribution in [2.45, 2.75) is 19.8 Å². The predicted molar refractivity (Wildman–Crippen MR) is 126 cm³/mol. The molecule has 32 heavy (non-hydrogen) atoms. The van der Waals surface area contributed by atoms with E-state index in [1.54, 1.807) is 48.8 Å². The van der Waals surface area contributed by atoms with Crippen molar-refractivity contribution in [1.82, 2.24) is 9.88 Å². The maximum Gasteiger partial charge on any atom is 0.323 e. The third kappa shape index (κ3) is 5.98. The van der Waals surface area contributed by atoms with E-state index in [-0.39, 0.29) is 6.03 Å². The van der Waals surface area contributed by atoms with Crippen LogP contribution in [0.25, 0.3) is 0 Å². The third-order valence-corrected chi connectivity index (χ3v) is 5.39. The number of nitrogens with one attached hydrogen (secondary N) is 2. The minimum Gasteiger partial charge on any atom is -0.492 e. The molecule has 7 nitrogen and oxygen atoms in total. The van der Waals surface area contributed by atoms with Crippen molar-refractivity contribution in [2.75, 3.05) is 36.9 Å². The van der Waals surface area contributed by atoms with Crippen molar-refractivity contribution in [3.8, 4) is 17.2 Å². The van der Waals surface area contributed by atoms with E-state index < -0.39 is 0 Å². The number of urea groups is 1. The first kappa shape index (κ1) is 21.6. The molecule has 0 bridgehead atoms. The lowest BCUT2D eigenvalue weighted by Gasteiger charge is -2.17. The van der Waals surface area contributed by atoms with Crippen molar-refractivity contribution in [2.24, 2.45) is 0 Å². The summed E-state index contributed by atoms with van der Waals surface area (Å²) in [4.78, 5) is 18.9. The molecule has 1 aliphatic heterocycles. The van der Waals surface area contributed by atoms with Crippen LogP contribution in [0.4, 0.5) is 16.2 Å². The van der Waals surface area contributed by atoms with Crippen molar-refractivity contribution in [3.05, 3.63) is 72.6 Å². The number of nitrogens with zero attached hydrogens (tertiary/aromatic N) is 2. The van der Waals surface area contributed by atoms with Gasteiger partial charge in [-0.2, -0.15) is 0 Å². The second kappa shape index (κ2) is 10.6. The number of benzene rings is 2. The molecule has 4 rings (SSSR count). The van der Waals surface area contributed by atoms with Crippen LogP contribution < -0.4 is 20.1 Å². The van der Waals surface area contributed by atoms with E-state index in [4.69, 9.17) is 9.47 Å². The normalized spacial score (nSPS) is 13.5. The molecule has 1 aromatic heterocycles. The minimum absolute atomic E-state index is 0.315. The van der Waals surface area contributed by atoms with Crippen LogP contribution in [0.5, 0.6) is 17.2 Å². The Morgan fingerprint density at radius 3 is 2.44 bits per heavy atom. The number of ether oxygens (including phenoxy) is 2. The Morgan fingerprint density at radius 2 is 1.69 bits per heavy atom. The average molecular weight is 433 g/mol. The average Bonchev–Trinajstić information content (AvgIpc) is 3.32. The monoisotopic (exact) mass is 432 g/mol. The van der Waals surface area contributed by atoms with Gasteiger partial charge in [0.25, 0.3) is 0 Å². The van der Waals surface area contributed by atoms with Gasteiger partial charge in [-0.25, -0.2) is 4.79 Å². The highest BCUT2D eigenvalue weighted by atomic mass is 16.5. The zero-order valence-corrected chi connectivity index (χ0v) is 18.2.